The van der Waals surface area contributed by atoms with Gasteiger partial charge in [-0.2, -0.15) is 10.2 Å². The Hall–Kier alpha value is -3.19. The van der Waals surface area contributed by atoms with Crippen molar-refractivity contribution >= 4 is 5.65 Å². The number of pyridine rings is 1. The molecule has 3 aromatic heterocycles. The van der Waals surface area contributed by atoms with E-state index in [2.05, 4.69) is 34.5 Å². The number of benzene rings is 1. The summed E-state index contributed by atoms with van der Waals surface area (Å²) in [6.07, 6.45) is 8.38. The number of likely N-dealkylation sites (tertiary alicyclic amines) is 1. The van der Waals surface area contributed by atoms with Crippen molar-refractivity contribution in [1.82, 2.24) is 29.3 Å². The maximum atomic E-state index is 5.36. The molecule has 1 aliphatic rings. The van der Waals surface area contributed by atoms with Crippen LogP contribution in [0, 0.1) is 0 Å². The van der Waals surface area contributed by atoms with Crippen LogP contribution in [-0.4, -0.2) is 49.5 Å². The zero-order chi connectivity index (χ0) is 20.5. The van der Waals surface area contributed by atoms with Crippen LogP contribution in [0.3, 0.4) is 0 Å². The lowest BCUT2D eigenvalue weighted by Gasteiger charge is -2.30. The standard InChI is InChI=1S/C23H26N6O/c1-27-13-17(12-24-27)14-28-10-4-6-20(15-28)23-25-22-9-8-19(16-29(22)26-23)18-5-3-7-21(11-18)30-2/h3,5,7-9,11-13,16,20H,4,6,10,14-15H2,1-2H3. The van der Waals surface area contributed by atoms with Crippen molar-refractivity contribution in [2.24, 2.45) is 7.05 Å². The Morgan fingerprint density at radius 3 is 2.90 bits per heavy atom. The third-order valence-corrected chi connectivity index (χ3v) is 5.79. The summed E-state index contributed by atoms with van der Waals surface area (Å²) in [5.74, 6) is 2.15. The van der Waals surface area contributed by atoms with Gasteiger partial charge in [0.25, 0.3) is 0 Å². The maximum absolute atomic E-state index is 5.36. The van der Waals surface area contributed by atoms with E-state index < -0.39 is 0 Å². The second-order valence-corrected chi connectivity index (χ2v) is 8.02. The molecule has 1 aliphatic heterocycles. The molecule has 5 rings (SSSR count). The SMILES string of the molecule is COc1cccc(-c2ccc3nc(C4CCCN(Cc5cnn(C)c5)C4)nn3c2)c1. The summed E-state index contributed by atoms with van der Waals surface area (Å²) in [6.45, 7) is 3.02. The lowest BCUT2D eigenvalue weighted by Crippen LogP contribution is -2.34. The average molecular weight is 403 g/mol. The van der Waals surface area contributed by atoms with E-state index in [0.717, 1.165) is 60.8 Å². The third-order valence-electron chi connectivity index (χ3n) is 5.79. The number of fused-ring (bicyclic) bond motifs is 1. The molecular weight excluding hydrogens is 376 g/mol. The predicted molar refractivity (Wildman–Crippen MR) is 115 cm³/mol. The molecule has 1 fully saturated rings. The zero-order valence-electron chi connectivity index (χ0n) is 17.4. The average Bonchev–Trinajstić information content (AvgIpc) is 3.39. The second kappa shape index (κ2) is 7.91. The number of hydrogen-bond donors (Lipinski definition) is 0. The normalized spacial score (nSPS) is 17.5. The fourth-order valence-electron chi connectivity index (χ4n) is 4.27. The van der Waals surface area contributed by atoms with Gasteiger partial charge in [0, 0.05) is 49.6 Å². The smallest absolute Gasteiger partial charge is 0.156 e. The summed E-state index contributed by atoms with van der Waals surface area (Å²) in [7, 11) is 3.65. The van der Waals surface area contributed by atoms with Crippen molar-refractivity contribution in [2.75, 3.05) is 20.2 Å². The number of piperidine rings is 1. The summed E-state index contributed by atoms with van der Waals surface area (Å²) in [5, 5.41) is 9.13. The quantitative estimate of drug-likeness (QED) is 0.511. The molecule has 7 nitrogen and oxygen atoms in total. The topological polar surface area (TPSA) is 60.5 Å². The number of nitrogens with zero attached hydrogens (tertiary/aromatic N) is 6. The van der Waals surface area contributed by atoms with Crippen LogP contribution in [0.15, 0.2) is 55.0 Å². The van der Waals surface area contributed by atoms with Gasteiger partial charge < -0.3 is 4.74 Å². The summed E-state index contributed by atoms with van der Waals surface area (Å²) < 4.78 is 9.12. The van der Waals surface area contributed by atoms with E-state index in [1.807, 2.05) is 46.7 Å². The van der Waals surface area contributed by atoms with Crippen molar-refractivity contribution in [1.29, 1.82) is 0 Å². The van der Waals surface area contributed by atoms with Crippen LogP contribution in [0.2, 0.25) is 0 Å². The van der Waals surface area contributed by atoms with Crippen LogP contribution in [0.25, 0.3) is 16.8 Å². The molecule has 4 heterocycles. The van der Waals surface area contributed by atoms with Crippen LogP contribution in [0.4, 0.5) is 0 Å². The van der Waals surface area contributed by atoms with Gasteiger partial charge in [-0.3, -0.25) is 9.58 Å². The first kappa shape index (κ1) is 18.8. The minimum Gasteiger partial charge on any atom is -0.497 e. The van der Waals surface area contributed by atoms with Gasteiger partial charge in [0.05, 0.1) is 13.3 Å². The Bertz CT molecular complexity index is 1160. The highest BCUT2D eigenvalue weighted by molar-refractivity contribution is 5.65. The molecule has 1 aromatic carbocycles. The number of aryl methyl sites for hydroxylation is 1. The maximum Gasteiger partial charge on any atom is 0.156 e. The van der Waals surface area contributed by atoms with Crippen molar-refractivity contribution < 1.29 is 4.74 Å². The molecule has 1 unspecified atom stereocenters. The molecule has 1 saturated heterocycles. The molecular formula is C23H26N6O. The largest absolute Gasteiger partial charge is 0.497 e. The number of rotatable bonds is 5. The van der Waals surface area contributed by atoms with E-state index in [-0.39, 0.29) is 0 Å². The molecule has 4 aromatic rings. The Balaban J connectivity index is 1.36. The van der Waals surface area contributed by atoms with Crippen LogP contribution in [-0.2, 0) is 13.6 Å². The Kier molecular flexibility index (Phi) is 4.96. The Labute approximate surface area is 175 Å². The fraction of sp³-hybridized carbons (Fsp3) is 0.348. The number of methoxy groups -OCH3 is 1. The molecule has 30 heavy (non-hydrogen) atoms. The van der Waals surface area contributed by atoms with Gasteiger partial charge in [0.15, 0.2) is 11.5 Å². The molecule has 0 radical (unpaired) electrons. The molecule has 0 amide bonds. The summed E-state index contributed by atoms with van der Waals surface area (Å²) in [4.78, 5) is 7.32. The minimum atomic E-state index is 0.357. The van der Waals surface area contributed by atoms with Crippen LogP contribution < -0.4 is 4.74 Å². The molecule has 0 aliphatic carbocycles. The van der Waals surface area contributed by atoms with Gasteiger partial charge >= 0.3 is 0 Å². The lowest BCUT2D eigenvalue weighted by molar-refractivity contribution is 0.196. The number of ether oxygens (including phenoxy) is 1. The van der Waals surface area contributed by atoms with Crippen molar-refractivity contribution in [3.05, 3.63) is 66.4 Å². The van der Waals surface area contributed by atoms with E-state index in [4.69, 9.17) is 14.8 Å². The first-order valence-electron chi connectivity index (χ1n) is 10.4. The van der Waals surface area contributed by atoms with Gasteiger partial charge in [-0.25, -0.2) is 9.50 Å². The van der Waals surface area contributed by atoms with E-state index >= 15 is 0 Å². The third kappa shape index (κ3) is 3.80. The molecule has 1 atom stereocenters. The van der Waals surface area contributed by atoms with Gasteiger partial charge in [-0.1, -0.05) is 12.1 Å². The van der Waals surface area contributed by atoms with Gasteiger partial charge in [-0.15, -0.1) is 0 Å². The summed E-state index contributed by atoms with van der Waals surface area (Å²) in [5.41, 5.74) is 4.35. The monoisotopic (exact) mass is 402 g/mol. The van der Waals surface area contributed by atoms with E-state index in [9.17, 15) is 0 Å². The summed E-state index contributed by atoms with van der Waals surface area (Å²) in [6, 6.07) is 12.2. The molecule has 0 N–H and O–H groups in total. The van der Waals surface area contributed by atoms with Crippen molar-refractivity contribution in [2.45, 2.75) is 25.3 Å². The molecule has 0 bridgehead atoms. The van der Waals surface area contributed by atoms with Crippen LogP contribution in [0.1, 0.15) is 30.1 Å². The second-order valence-electron chi connectivity index (χ2n) is 8.02. The molecule has 154 valence electrons. The zero-order valence-corrected chi connectivity index (χ0v) is 17.4. The highest BCUT2D eigenvalue weighted by atomic mass is 16.5. The first-order valence-corrected chi connectivity index (χ1v) is 10.4. The van der Waals surface area contributed by atoms with Crippen molar-refractivity contribution in [3.63, 3.8) is 0 Å². The van der Waals surface area contributed by atoms with E-state index in [1.54, 1.807) is 7.11 Å². The highest BCUT2D eigenvalue weighted by Crippen LogP contribution is 2.28. The van der Waals surface area contributed by atoms with Crippen LogP contribution >= 0.6 is 0 Å². The molecule has 7 heteroatoms. The molecule has 0 spiro atoms. The van der Waals surface area contributed by atoms with Crippen molar-refractivity contribution in [3.8, 4) is 16.9 Å². The van der Waals surface area contributed by atoms with Crippen LogP contribution in [0.5, 0.6) is 5.75 Å². The number of aromatic nitrogens is 5. The molecule has 0 saturated carbocycles. The number of hydrogen-bond acceptors (Lipinski definition) is 5. The minimum absolute atomic E-state index is 0.357. The highest BCUT2D eigenvalue weighted by Gasteiger charge is 2.25. The van der Waals surface area contributed by atoms with Gasteiger partial charge in [0.1, 0.15) is 5.75 Å². The van der Waals surface area contributed by atoms with Gasteiger partial charge in [0.2, 0.25) is 0 Å². The van der Waals surface area contributed by atoms with Gasteiger partial charge in [-0.05, 0) is 49.2 Å². The Morgan fingerprint density at radius 2 is 2.07 bits per heavy atom. The fourth-order valence-corrected chi connectivity index (χ4v) is 4.27. The predicted octanol–water partition coefficient (Wildman–Crippen LogP) is 3.52. The lowest BCUT2D eigenvalue weighted by atomic mass is 9.97. The van der Waals surface area contributed by atoms with E-state index in [1.165, 1.54) is 5.56 Å². The summed E-state index contributed by atoms with van der Waals surface area (Å²) >= 11 is 0. The Morgan fingerprint density at radius 1 is 1.13 bits per heavy atom. The first-order chi connectivity index (χ1) is 14.7. The van der Waals surface area contributed by atoms with E-state index in [0.29, 0.717) is 5.92 Å².